The summed E-state index contributed by atoms with van der Waals surface area (Å²) in [4.78, 5) is 17.5. The molecule has 2 saturated heterocycles. The summed E-state index contributed by atoms with van der Waals surface area (Å²) in [5, 5.41) is 4.25. The highest BCUT2D eigenvalue weighted by Gasteiger charge is 2.44. The summed E-state index contributed by atoms with van der Waals surface area (Å²) in [5.41, 5.74) is 0.203. The standard InChI is InChI=1S/C17H22N4O3/c22-16(15-3-1-6-18-15)20-9-10-23-13-17(12-20)5-4-14(24-17)11-21-8-2-7-19-21/h1-3,6-8,14,18H,4-5,9-13H2. The molecule has 2 aromatic heterocycles. The maximum absolute atomic E-state index is 12.7. The van der Waals surface area contributed by atoms with E-state index in [0.717, 1.165) is 19.4 Å². The number of hydrogen-bond acceptors (Lipinski definition) is 4. The minimum absolute atomic E-state index is 0.00370. The van der Waals surface area contributed by atoms with Gasteiger partial charge in [-0.1, -0.05) is 0 Å². The number of H-pyrrole nitrogens is 1. The zero-order chi connectivity index (χ0) is 16.4. The molecule has 24 heavy (non-hydrogen) atoms. The number of aromatic nitrogens is 3. The van der Waals surface area contributed by atoms with Crippen LogP contribution in [0.4, 0.5) is 0 Å². The summed E-state index contributed by atoms with van der Waals surface area (Å²) >= 11 is 0. The lowest BCUT2D eigenvalue weighted by Gasteiger charge is -2.31. The normalized spacial score (nSPS) is 27.5. The Morgan fingerprint density at radius 1 is 1.46 bits per heavy atom. The molecule has 0 bridgehead atoms. The molecule has 1 amide bonds. The Morgan fingerprint density at radius 3 is 3.21 bits per heavy atom. The van der Waals surface area contributed by atoms with Crippen LogP contribution in [0.15, 0.2) is 36.8 Å². The second kappa shape index (κ2) is 6.41. The highest BCUT2D eigenvalue weighted by Crippen LogP contribution is 2.34. The van der Waals surface area contributed by atoms with Gasteiger partial charge in [0.05, 0.1) is 32.4 Å². The van der Waals surface area contributed by atoms with Gasteiger partial charge in [0.1, 0.15) is 11.3 Å². The molecule has 128 valence electrons. The van der Waals surface area contributed by atoms with Gasteiger partial charge in [-0.25, -0.2) is 0 Å². The first-order valence-electron chi connectivity index (χ1n) is 8.40. The van der Waals surface area contributed by atoms with Crippen LogP contribution in [0.1, 0.15) is 23.3 Å². The Labute approximate surface area is 140 Å². The quantitative estimate of drug-likeness (QED) is 0.921. The molecule has 2 fully saturated rings. The fraction of sp³-hybridized carbons (Fsp3) is 0.529. The molecule has 4 rings (SSSR count). The summed E-state index contributed by atoms with van der Waals surface area (Å²) in [6.45, 7) is 2.98. The van der Waals surface area contributed by atoms with Gasteiger partial charge in [-0.05, 0) is 31.0 Å². The Hall–Kier alpha value is -2.12. The Balaban J connectivity index is 1.45. The molecule has 2 atom stereocenters. The molecule has 0 aromatic carbocycles. The molecule has 0 radical (unpaired) electrons. The van der Waals surface area contributed by atoms with E-state index in [1.807, 2.05) is 27.9 Å². The Kier molecular flexibility index (Phi) is 4.12. The summed E-state index contributed by atoms with van der Waals surface area (Å²) in [7, 11) is 0. The third kappa shape index (κ3) is 3.09. The third-order valence-corrected chi connectivity index (χ3v) is 4.75. The van der Waals surface area contributed by atoms with E-state index in [1.165, 1.54) is 0 Å². The number of amides is 1. The predicted octanol–water partition coefficient (Wildman–Crippen LogP) is 1.30. The number of nitrogens with zero attached hydrogens (tertiary/aromatic N) is 3. The van der Waals surface area contributed by atoms with Gasteiger partial charge in [-0.2, -0.15) is 5.10 Å². The lowest BCUT2D eigenvalue weighted by atomic mass is 10.00. The van der Waals surface area contributed by atoms with Crippen LogP contribution in [0.2, 0.25) is 0 Å². The zero-order valence-corrected chi connectivity index (χ0v) is 13.6. The van der Waals surface area contributed by atoms with Gasteiger partial charge in [0, 0.05) is 25.1 Å². The van der Waals surface area contributed by atoms with Gasteiger partial charge in [0.25, 0.3) is 5.91 Å². The molecule has 1 spiro atoms. The van der Waals surface area contributed by atoms with Crippen molar-refractivity contribution in [2.45, 2.75) is 31.1 Å². The lowest BCUT2D eigenvalue weighted by molar-refractivity contribution is -0.0881. The van der Waals surface area contributed by atoms with E-state index in [-0.39, 0.29) is 12.0 Å². The topological polar surface area (TPSA) is 72.4 Å². The molecule has 2 aromatic rings. The molecular formula is C17H22N4O3. The Morgan fingerprint density at radius 2 is 2.42 bits per heavy atom. The average Bonchev–Trinajstić information content (AvgIpc) is 3.30. The number of carbonyl (C=O) groups is 1. The van der Waals surface area contributed by atoms with Crippen LogP contribution in [0.5, 0.6) is 0 Å². The number of hydrogen-bond donors (Lipinski definition) is 1. The predicted molar refractivity (Wildman–Crippen MR) is 86.6 cm³/mol. The SMILES string of the molecule is O=C(c1ccc[nH]1)N1CCOCC2(CCC(Cn3cccn3)O2)C1. The van der Waals surface area contributed by atoms with E-state index in [1.54, 1.807) is 18.5 Å². The van der Waals surface area contributed by atoms with Crippen molar-refractivity contribution < 1.29 is 14.3 Å². The second-order valence-corrected chi connectivity index (χ2v) is 6.55. The maximum Gasteiger partial charge on any atom is 0.270 e. The average molecular weight is 330 g/mol. The summed E-state index contributed by atoms with van der Waals surface area (Å²) in [5.74, 6) is 0.00370. The van der Waals surface area contributed by atoms with Crippen molar-refractivity contribution in [3.8, 4) is 0 Å². The molecule has 4 heterocycles. The van der Waals surface area contributed by atoms with E-state index < -0.39 is 5.60 Å². The highest BCUT2D eigenvalue weighted by molar-refractivity contribution is 5.92. The number of carbonyl (C=O) groups excluding carboxylic acids is 1. The van der Waals surface area contributed by atoms with E-state index in [0.29, 0.717) is 32.0 Å². The molecule has 2 aliphatic rings. The van der Waals surface area contributed by atoms with Gasteiger partial charge in [0.15, 0.2) is 0 Å². The van der Waals surface area contributed by atoms with Crippen molar-refractivity contribution in [2.24, 2.45) is 0 Å². The lowest BCUT2D eigenvalue weighted by Crippen LogP contribution is -2.47. The Bertz CT molecular complexity index is 670. The van der Waals surface area contributed by atoms with E-state index in [2.05, 4.69) is 10.1 Å². The molecule has 0 saturated carbocycles. The second-order valence-electron chi connectivity index (χ2n) is 6.55. The minimum atomic E-state index is -0.406. The fourth-order valence-electron chi connectivity index (χ4n) is 3.58. The first kappa shape index (κ1) is 15.4. The van der Waals surface area contributed by atoms with E-state index in [4.69, 9.17) is 9.47 Å². The number of nitrogens with one attached hydrogen (secondary N) is 1. The molecule has 0 aliphatic carbocycles. The van der Waals surface area contributed by atoms with Crippen LogP contribution in [-0.4, -0.2) is 63.6 Å². The van der Waals surface area contributed by atoms with Crippen molar-refractivity contribution in [2.75, 3.05) is 26.3 Å². The monoisotopic (exact) mass is 330 g/mol. The fourth-order valence-corrected chi connectivity index (χ4v) is 3.58. The van der Waals surface area contributed by atoms with E-state index >= 15 is 0 Å². The van der Waals surface area contributed by atoms with Gasteiger partial charge in [-0.15, -0.1) is 0 Å². The molecule has 1 N–H and O–H groups in total. The van der Waals surface area contributed by atoms with Crippen molar-refractivity contribution >= 4 is 5.91 Å². The number of aromatic amines is 1. The molecule has 2 aliphatic heterocycles. The summed E-state index contributed by atoms with van der Waals surface area (Å²) < 4.78 is 14.0. The maximum atomic E-state index is 12.7. The molecule has 7 nitrogen and oxygen atoms in total. The van der Waals surface area contributed by atoms with Crippen molar-refractivity contribution in [1.29, 1.82) is 0 Å². The molecule has 7 heteroatoms. The highest BCUT2D eigenvalue weighted by atomic mass is 16.6. The van der Waals surface area contributed by atoms with Crippen LogP contribution < -0.4 is 0 Å². The van der Waals surface area contributed by atoms with Gasteiger partial charge in [-0.3, -0.25) is 9.48 Å². The first-order chi connectivity index (χ1) is 11.7. The van der Waals surface area contributed by atoms with Crippen LogP contribution in [0.3, 0.4) is 0 Å². The van der Waals surface area contributed by atoms with Crippen LogP contribution in [0, 0.1) is 0 Å². The molecule has 2 unspecified atom stereocenters. The zero-order valence-electron chi connectivity index (χ0n) is 13.6. The van der Waals surface area contributed by atoms with Crippen molar-refractivity contribution in [3.63, 3.8) is 0 Å². The third-order valence-electron chi connectivity index (χ3n) is 4.75. The van der Waals surface area contributed by atoms with Crippen molar-refractivity contribution in [3.05, 3.63) is 42.5 Å². The minimum Gasteiger partial charge on any atom is -0.377 e. The number of ether oxygens (including phenoxy) is 2. The summed E-state index contributed by atoms with van der Waals surface area (Å²) in [6.07, 6.45) is 7.44. The van der Waals surface area contributed by atoms with E-state index in [9.17, 15) is 4.79 Å². The van der Waals surface area contributed by atoms with Crippen molar-refractivity contribution in [1.82, 2.24) is 19.7 Å². The molecular weight excluding hydrogens is 308 g/mol. The first-order valence-corrected chi connectivity index (χ1v) is 8.40. The van der Waals surface area contributed by atoms with Gasteiger partial charge >= 0.3 is 0 Å². The van der Waals surface area contributed by atoms with Crippen LogP contribution in [0.25, 0.3) is 0 Å². The summed E-state index contributed by atoms with van der Waals surface area (Å²) in [6, 6.07) is 5.55. The number of rotatable bonds is 3. The van der Waals surface area contributed by atoms with Crippen LogP contribution >= 0.6 is 0 Å². The van der Waals surface area contributed by atoms with Gasteiger partial charge in [0.2, 0.25) is 0 Å². The van der Waals surface area contributed by atoms with Gasteiger partial charge < -0.3 is 19.4 Å². The smallest absolute Gasteiger partial charge is 0.270 e. The van der Waals surface area contributed by atoms with Crippen LogP contribution in [-0.2, 0) is 16.0 Å². The largest absolute Gasteiger partial charge is 0.377 e.